The summed E-state index contributed by atoms with van der Waals surface area (Å²) in [7, 11) is 0. The number of para-hydroxylation sites is 1. The van der Waals surface area contributed by atoms with Gasteiger partial charge in [-0.2, -0.15) is 0 Å². The van der Waals surface area contributed by atoms with Gasteiger partial charge < -0.3 is 0 Å². The normalized spacial score (nSPS) is 10.7. The Hall–Kier alpha value is -2.82. The molecule has 0 unspecified atom stereocenters. The third-order valence-corrected chi connectivity index (χ3v) is 3.15. The number of benzene rings is 2. The summed E-state index contributed by atoms with van der Waals surface area (Å²) >= 11 is 0. The van der Waals surface area contributed by atoms with E-state index >= 15 is 0 Å². The lowest BCUT2D eigenvalue weighted by Gasteiger charge is -2.06. The predicted molar refractivity (Wildman–Crippen MR) is 79.9 cm³/mol. The van der Waals surface area contributed by atoms with Crippen LogP contribution in [0.2, 0.25) is 0 Å². The van der Waals surface area contributed by atoms with Gasteiger partial charge in [-0.1, -0.05) is 30.3 Å². The van der Waals surface area contributed by atoms with Crippen molar-refractivity contribution in [3.8, 4) is 0 Å². The van der Waals surface area contributed by atoms with Crippen LogP contribution in [0, 0.1) is 23.5 Å². The van der Waals surface area contributed by atoms with Gasteiger partial charge in [0, 0.05) is 23.9 Å². The van der Waals surface area contributed by atoms with Crippen LogP contribution in [-0.4, -0.2) is 14.9 Å². The molecule has 0 bridgehead atoms. The zero-order valence-electron chi connectivity index (χ0n) is 11.4. The second-order valence-corrected chi connectivity index (χ2v) is 4.67. The summed E-state index contributed by atoms with van der Waals surface area (Å²) in [5, 5.41) is 11.6. The van der Waals surface area contributed by atoms with Crippen molar-refractivity contribution >= 4 is 16.6 Å². The highest BCUT2D eigenvalue weighted by atomic mass is 16.6. The molecule has 0 amide bonds. The van der Waals surface area contributed by atoms with E-state index in [9.17, 15) is 10.1 Å². The maximum atomic E-state index is 10.7. The van der Waals surface area contributed by atoms with Gasteiger partial charge in [-0.15, -0.1) is 0 Å². The third kappa shape index (κ3) is 2.72. The van der Waals surface area contributed by atoms with Gasteiger partial charge in [0.25, 0.3) is 5.69 Å². The lowest BCUT2D eigenvalue weighted by molar-refractivity contribution is -0.384. The molecule has 0 aliphatic carbocycles. The van der Waals surface area contributed by atoms with Crippen molar-refractivity contribution in [2.45, 2.75) is 6.92 Å². The SMILES string of the molecule is Cc1nc([CH]c2ccc([N+](=O)[O-])cc2)c2ccccc2n1. The second-order valence-electron chi connectivity index (χ2n) is 4.67. The molecule has 2 aromatic carbocycles. The van der Waals surface area contributed by atoms with Gasteiger partial charge in [0.05, 0.1) is 16.1 Å². The Morgan fingerprint density at radius 1 is 1.05 bits per heavy atom. The summed E-state index contributed by atoms with van der Waals surface area (Å²) in [6, 6.07) is 14.2. The topological polar surface area (TPSA) is 68.9 Å². The van der Waals surface area contributed by atoms with E-state index in [1.807, 2.05) is 37.6 Å². The molecule has 0 aliphatic rings. The minimum atomic E-state index is -0.409. The molecular weight excluding hydrogens is 266 g/mol. The Kier molecular flexibility index (Phi) is 3.31. The Bertz CT molecular complexity index is 813. The van der Waals surface area contributed by atoms with Crippen molar-refractivity contribution in [2.75, 3.05) is 0 Å². The molecule has 0 aliphatic heterocycles. The van der Waals surface area contributed by atoms with Gasteiger partial charge >= 0.3 is 0 Å². The van der Waals surface area contributed by atoms with Crippen molar-refractivity contribution in [1.29, 1.82) is 0 Å². The molecule has 103 valence electrons. The summed E-state index contributed by atoms with van der Waals surface area (Å²) in [6.07, 6.45) is 1.90. The molecule has 1 aromatic heterocycles. The smallest absolute Gasteiger partial charge is 0.258 e. The largest absolute Gasteiger partial charge is 0.269 e. The van der Waals surface area contributed by atoms with Crippen LogP contribution in [0.3, 0.4) is 0 Å². The third-order valence-electron chi connectivity index (χ3n) is 3.15. The number of aromatic nitrogens is 2. The lowest BCUT2D eigenvalue weighted by atomic mass is 10.1. The minimum absolute atomic E-state index is 0.0795. The fourth-order valence-electron chi connectivity index (χ4n) is 2.18. The van der Waals surface area contributed by atoms with Crippen LogP contribution in [0.1, 0.15) is 17.1 Å². The zero-order valence-corrected chi connectivity index (χ0v) is 11.4. The predicted octanol–water partition coefficient (Wildman–Crippen LogP) is 3.45. The molecule has 3 aromatic rings. The number of aryl methyl sites for hydroxylation is 1. The van der Waals surface area contributed by atoms with Gasteiger partial charge in [-0.05, 0) is 18.6 Å². The van der Waals surface area contributed by atoms with Gasteiger partial charge in [-0.3, -0.25) is 10.1 Å². The summed E-state index contributed by atoms with van der Waals surface area (Å²) in [5.74, 6) is 0.696. The summed E-state index contributed by atoms with van der Waals surface area (Å²) in [5.41, 5.74) is 2.64. The number of hydrogen-bond donors (Lipinski definition) is 0. The van der Waals surface area contributed by atoms with Crippen LogP contribution in [0.4, 0.5) is 5.69 Å². The first-order valence-corrected chi connectivity index (χ1v) is 6.46. The molecule has 0 saturated heterocycles. The Morgan fingerprint density at radius 2 is 1.76 bits per heavy atom. The highest BCUT2D eigenvalue weighted by Gasteiger charge is 2.09. The van der Waals surface area contributed by atoms with Crippen LogP contribution >= 0.6 is 0 Å². The van der Waals surface area contributed by atoms with E-state index in [0.29, 0.717) is 5.82 Å². The number of fused-ring (bicyclic) bond motifs is 1. The van der Waals surface area contributed by atoms with E-state index in [4.69, 9.17) is 0 Å². The maximum absolute atomic E-state index is 10.7. The van der Waals surface area contributed by atoms with Gasteiger partial charge in [0.1, 0.15) is 5.82 Å². The molecule has 0 saturated carbocycles. The highest BCUT2D eigenvalue weighted by molar-refractivity contribution is 5.82. The molecule has 0 fully saturated rings. The van der Waals surface area contributed by atoms with E-state index in [1.54, 1.807) is 12.1 Å². The van der Waals surface area contributed by atoms with Gasteiger partial charge in [0.15, 0.2) is 0 Å². The first-order valence-electron chi connectivity index (χ1n) is 6.46. The number of nitro benzene ring substituents is 1. The fraction of sp³-hybridized carbons (Fsp3) is 0.0625. The van der Waals surface area contributed by atoms with Crippen molar-refractivity contribution in [2.24, 2.45) is 0 Å². The second kappa shape index (κ2) is 5.28. The summed E-state index contributed by atoms with van der Waals surface area (Å²) < 4.78 is 0. The monoisotopic (exact) mass is 278 g/mol. The molecule has 3 rings (SSSR count). The molecule has 1 heterocycles. The van der Waals surface area contributed by atoms with E-state index in [0.717, 1.165) is 22.2 Å². The van der Waals surface area contributed by atoms with Crippen molar-refractivity contribution in [3.05, 3.63) is 82.1 Å². The van der Waals surface area contributed by atoms with E-state index in [-0.39, 0.29) is 5.69 Å². The lowest BCUT2D eigenvalue weighted by Crippen LogP contribution is -1.97. The van der Waals surface area contributed by atoms with Crippen molar-refractivity contribution in [3.63, 3.8) is 0 Å². The van der Waals surface area contributed by atoms with E-state index < -0.39 is 4.92 Å². The quantitative estimate of drug-likeness (QED) is 0.543. The average Bonchev–Trinajstić information content (AvgIpc) is 2.47. The van der Waals surface area contributed by atoms with Crippen molar-refractivity contribution in [1.82, 2.24) is 9.97 Å². The highest BCUT2D eigenvalue weighted by Crippen LogP contribution is 2.21. The number of nitro groups is 1. The number of hydrogen-bond acceptors (Lipinski definition) is 4. The Labute approximate surface area is 121 Å². The first-order chi connectivity index (χ1) is 10.1. The molecule has 5 nitrogen and oxygen atoms in total. The van der Waals surface area contributed by atoms with Crippen molar-refractivity contribution < 1.29 is 4.92 Å². The van der Waals surface area contributed by atoms with E-state index in [1.165, 1.54) is 12.1 Å². The van der Waals surface area contributed by atoms with Crippen LogP contribution < -0.4 is 0 Å². The fourth-order valence-corrected chi connectivity index (χ4v) is 2.18. The summed E-state index contributed by atoms with van der Waals surface area (Å²) in [4.78, 5) is 19.1. The molecule has 0 N–H and O–H groups in total. The molecular formula is C16H12N3O2. The average molecular weight is 278 g/mol. The standard InChI is InChI=1S/C16H12N3O2/c1-11-17-15-5-3-2-4-14(15)16(18-11)10-12-6-8-13(9-7-12)19(20)21/h2-10H,1H3. The number of rotatable bonds is 3. The molecule has 0 spiro atoms. The maximum Gasteiger partial charge on any atom is 0.269 e. The Morgan fingerprint density at radius 3 is 2.48 bits per heavy atom. The molecule has 21 heavy (non-hydrogen) atoms. The van der Waals surface area contributed by atoms with Crippen LogP contribution in [0.15, 0.2) is 48.5 Å². The Balaban J connectivity index is 1.99. The molecule has 0 atom stereocenters. The van der Waals surface area contributed by atoms with E-state index in [2.05, 4.69) is 9.97 Å². The molecule has 5 heteroatoms. The minimum Gasteiger partial charge on any atom is -0.258 e. The summed E-state index contributed by atoms with van der Waals surface area (Å²) in [6.45, 7) is 1.85. The van der Waals surface area contributed by atoms with Gasteiger partial charge in [-0.25, -0.2) is 9.97 Å². The van der Waals surface area contributed by atoms with Crippen LogP contribution in [0.5, 0.6) is 0 Å². The first kappa shape index (κ1) is 13.2. The zero-order chi connectivity index (χ0) is 14.8. The number of non-ortho nitro benzene ring substituents is 1. The van der Waals surface area contributed by atoms with Crippen LogP contribution in [0.25, 0.3) is 10.9 Å². The van der Waals surface area contributed by atoms with Gasteiger partial charge in [0.2, 0.25) is 0 Å². The van der Waals surface area contributed by atoms with Crippen LogP contribution in [-0.2, 0) is 0 Å². The molecule has 1 radical (unpaired) electrons. The number of nitrogens with zero attached hydrogens (tertiary/aromatic N) is 3.